The minimum absolute atomic E-state index is 0.617. The molecule has 3 aromatic rings. The molecule has 0 aliphatic rings. The van der Waals surface area contributed by atoms with Crippen molar-refractivity contribution in [1.29, 1.82) is 0 Å². The first-order valence-corrected chi connectivity index (χ1v) is 6.94. The summed E-state index contributed by atoms with van der Waals surface area (Å²) < 4.78 is 5.12. The van der Waals surface area contributed by atoms with Gasteiger partial charge in [0.25, 0.3) is 0 Å². The summed E-state index contributed by atoms with van der Waals surface area (Å²) in [6.45, 7) is 0.801. The zero-order chi connectivity index (χ0) is 14.5. The highest BCUT2D eigenvalue weighted by atomic mass is 16.5. The molecule has 4 heteroatoms. The van der Waals surface area contributed by atoms with Crippen molar-refractivity contribution in [2.24, 2.45) is 0 Å². The van der Waals surface area contributed by atoms with Gasteiger partial charge in [0.1, 0.15) is 5.82 Å². The average molecular weight is 279 g/mol. The third-order valence-electron chi connectivity index (χ3n) is 3.35. The van der Waals surface area contributed by atoms with Crippen molar-refractivity contribution in [3.63, 3.8) is 0 Å². The monoisotopic (exact) mass is 279 g/mol. The zero-order valence-electron chi connectivity index (χ0n) is 11.9. The van der Waals surface area contributed by atoms with Crippen molar-refractivity contribution in [1.82, 2.24) is 9.97 Å². The molecular weight excluding hydrogens is 262 g/mol. The number of anilines is 1. The number of hydrogen-bond donors (Lipinski definition) is 1. The molecule has 0 amide bonds. The van der Waals surface area contributed by atoms with Crippen LogP contribution in [0.3, 0.4) is 0 Å². The lowest BCUT2D eigenvalue weighted by Gasteiger charge is -2.08. The van der Waals surface area contributed by atoms with Crippen LogP contribution in [0.25, 0.3) is 10.9 Å². The molecule has 21 heavy (non-hydrogen) atoms. The lowest BCUT2D eigenvalue weighted by Crippen LogP contribution is -2.07. The minimum atomic E-state index is 0.617. The molecule has 3 rings (SSSR count). The van der Waals surface area contributed by atoms with Gasteiger partial charge in [-0.05, 0) is 24.1 Å². The highest BCUT2D eigenvalue weighted by molar-refractivity contribution is 5.81. The van der Waals surface area contributed by atoms with Gasteiger partial charge in [0.15, 0.2) is 0 Å². The largest absolute Gasteiger partial charge is 0.481 e. The van der Waals surface area contributed by atoms with Crippen LogP contribution in [0.5, 0.6) is 5.88 Å². The van der Waals surface area contributed by atoms with Gasteiger partial charge in [-0.1, -0.05) is 30.3 Å². The maximum absolute atomic E-state index is 5.12. The van der Waals surface area contributed by atoms with Crippen LogP contribution in [0.2, 0.25) is 0 Å². The Morgan fingerprint density at radius 1 is 1.05 bits per heavy atom. The summed E-state index contributed by atoms with van der Waals surface area (Å²) in [5, 5.41) is 4.49. The predicted octanol–water partition coefficient (Wildman–Crippen LogP) is 3.29. The number of aromatic nitrogens is 2. The van der Waals surface area contributed by atoms with Gasteiger partial charge in [0.05, 0.1) is 12.6 Å². The fraction of sp³-hybridized carbons (Fsp3) is 0.176. The molecule has 0 unspecified atom stereocenters. The number of nitrogens with one attached hydrogen (secondary N) is 1. The maximum atomic E-state index is 5.12. The smallest absolute Gasteiger partial charge is 0.214 e. The van der Waals surface area contributed by atoms with Gasteiger partial charge >= 0.3 is 0 Å². The standard InChI is InChI=1S/C17H17N3O/c1-21-16-9-3-8-15(20-16)18-12-10-14-6-2-5-13-7-4-11-19-17(13)14/h2-9,11H,10,12H2,1H3,(H,18,20). The molecule has 106 valence electrons. The quantitative estimate of drug-likeness (QED) is 0.778. The summed E-state index contributed by atoms with van der Waals surface area (Å²) in [5.41, 5.74) is 2.31. The van der Waals surface area contributed by atoms with E-state index < -0.39 is 0 Å². The Kier molecular flexibility index (Phi) is 3.96. The lowest BCUT2D eigenvalue weighted by molar-refractivity contribution is 0.398. The van der Waals surface area contributed by atoms with Gasteiger partial charge < -0.3 is 10.1 Å². The molecule has 0 saturated carbocycles. The zero-order valence-corrected chi connectivity index (χ0v) is 11.9. The van der Waals surface area contributed by atoms with Crippen LogP contribution in [-0.2, 0) is 6.42 Å². The highest BCUT2D eigenvalue weighted by Gasteiger charge is 2.02. The van der Waals surface area contributed by atoms with Crippen molar-refractivity contribution < 1.29 is 4.74 Å². The van der Waals surface area contributed by atoms with E-state index in [1.165, 1.54) is 10.9 Å². The van der Waals surface area contributed by atoms with Crippen LogP contribution in [-0.4, -0.2) is 23.6 Å². The van der Waals surface area contributed by atoms with E-state index in [1.807, 2.05) is 30.5 Å². The molecule has 0 aliphatic heterocycles. The van der Waals surface area contributed by atoms with E-state index in [2.05, 4.69) is 39.6 Å². The Hall–Kier alpha value is -2.62. The van der Waals surface area contributed by atoms with Gasteiger partial charge in [-0.2, -0.15) is 4.98 Å². The van der Waals surface area contributed by atoms with E-state index >= 15 is 0 Å². The Balaban J connectivity index is 1.69. The van der Waals surface area contributed by atoms with Crippen LogP contribution in [0.1, 0.15) is 5.56 Å². The Morgan fingerprint density at radius 3 is 2.81 bits per heavy atom. The summed E-state index contributed by atoms with van der Waals surface area (Å²) in [6.07, 6.45) is 2.73. The van der Waals surface area contributed by atoms with E-state index in [9.17, 15) is 0 Å². The second-order valence-corrected chi connectivity index (χ2v) is 4.73. The number of rotatable bonds is 5. The Bertz CT molecular complexity index is 737. The molecule has 1 aromatic carbocycles. The second-order valence-electron chi connectivity index (χ2n) is 4.73. The molecule has 0 fully saturated rings. The Morgan fingerprint density at radius 2 is 1.90 bits per heavy atom. The topological polar surface area (TPSA) is 47.0 Å². The van der Waals surface area contributed by atoms with E-state index in [0.29, 0.717) is 5.88 Å². The fourth-order valence-electron chi connectivity index (χ4n) is 2.32. The lowest BCUT2D eigenvalue weighted by atomic mass is 10.1. The first-order valence-electron chi connectivity index (χ1n) is 6.94. The summed E-state index contributed by atoms with van der Waals surface area (Å²) in [5.74, 6) is 1.44. The molecule has 1 N–H and O–H groups in total. The van der Waals surface area contributed by atoms with Crippen molar-refractivity contribution in [3.8, 4) is 5.88 Å². The number of methoxy groups -OCH3 is 1. The predicted molar refractivity (Wildman–Crippen MR) is 84.7 cm³/mol. The summed E-state index contributed by atoms with van der Waals surface area (Å²) in [4.78, 5) is 8.81. The number of ether oxygens (including phenoxy) is 1. The molecule has 2 aromatic heterocycles. The number of benzene rings is 1. The van der Waals surface area contributed by atoms with Crippen molar-refractivity contribution >= 4 is 16.7 Å². The fourth-order valence-corrected chi connectivity index (χ4v) is 2.32. The second kappa shape index (κ2) is 6.22. The third kappa shape index (κ3) is 3.11. The molecule has 0 bridgehead atoms. The van der Waals surface area contributed by atoms with Gasteiger partial charge in [-0.15, -0.1) is 0 Å². The molecule has 4 nitrogen and oxygen atoms in total. The van der Waals surface area contributed by atoms with Crippen molar-refractivity contribution in [2.75, 3.05) is 19.0 Å². The number of para-hydroxylation sites is 1. The molecule has 2 heterocycles. The molecule has 0 aliphatic carbocycles. The van der Waals surface area contributed by atoms with E-state index in [4.69, 9.17) is 4.74 Å². The van der Waals surface area contributed by atoms with Crippen LogP contribution in [0.4, 0.5) is 5.82 Å². The highest BCUT2D eigenvalue weighted by Crippen LogP contribution is 2.17. The Labute approximate surface area is 123 Å². The third-order valence-corrected chi connectivity index (χ3v) is 3.35. The number of hydrogen-bond acceptors (Lipinski definition) is 4. The number of nitrogens with zero attached hydrogens (tertiary/aromatic N) is 2. The summed E-state index contributed by atoms with van der Waals surface area (Å²) >= 11 is 0. The normalized spacial score (nSPS) is 10.5. The van der Waals surface area contributed by atoms with Crippen molar-refractivity contribution in [3.05, 3.63) is 60.3 Å². The van der Waals surface area contributed by atoms with E-state index in [-0.39, 0.29) is 0 Å². The van der Waals surface area contributed by atoms with E-state index in [0.717, 1.165) is 24.3 Å². The minimum Gasteiger partial charge on any atom is -0.481 e. The van der Waals surface area contributed by atoms with Crippen molar-refractivity contribution in [2.45, 2.75) is 6.42 Å². The summed E-state index contributed by atoms with van der Waals surface area (Å²) in [7, 11) is 1.62. The molecule has 0 radical (unpaired) electrons. The average Bonchev–Trinajstić information content (AvgIpc) is 2.55. The van der Waals surface area contributed by atoms with Crippen LogP contribution in [0, 0.1) is 0 Å². The summed E-state index contributed by atoms with van der Waals surface area (Å²) in [6, 6.07) is 16.0. The number of pyridine rings is 2. The van der Waals surface area contributed by atoms with Gasteiger partial charge in [-0.25, -0.2) is 0 Å². The SMILES string of the molecule is COc1cccc(NCCc2cccc3cccnc23)n1. The molecule has 0 spiro atoms. The number of fused-ring (bicyclic) bond motifs is 1. The van der Waals surface area contributed by atoms with E-state index in [1.54, 1.807) is 7.11 Å². The van der Waals surface area contributed by atoms with Gasteiger partial charge in [0, 0.05) is 24.2 Å². The molecule has 0 saturated heterocycles. The van der Waals surface area contributed by atoms with Gasteiger partial charge in [0.2, 0.25) is 5.88 Å². The first-order chi connectivity index (χ1) is 10.4. The van der Waals surface area contributed by atoms with Crippen LogP contribution in [0.15, 0.2) is 54.7 Å². The maximum Gasteiger partial charge on any atom is 0.214 e. The first kappa shape index (κ1) is 13.4. The van der Waals surface area contributed by atoms with Crippen LogP contribution < -0.4 is 10.1 Å². The molecular formula is C17H17N3O. The molecule has 0 atom stereocenters. The van der Waals surface area contributed by atoms with Gasteiger partial charge in [-0.3, -0.25) is 4.98 Å². The van der Waals surface area contributed by atoms with Crippen LogP contribution >= 0.6 is 0 Å².